The van der Waals surface area contributed by atoms with Crippen molar-refractivity contribution < 1.29 is 9.36 Å². The molecule has 0 saturated carbocycles. The lowest BCUT2D eigenvalue weighted by Crippen LogP contribution is -2.22. The van der Waals surface area contributed by atoms with Crippen LogP contribution in [-0.4, -0.2) is 6.29 Å². The third-order valence-electron chi connectivity index (χ3n) is 4.13. The third kappa shape index (κ3) is 3.01. The zero-order chi connectivity index (χ0) is 18.0. The topological polar surface area (TPSA) is 34.1 Å². The van der Waals surface area contributed by atoms with E-state index >= 15 is 0 Å². The summed E-state index contributed by atoms with van der Waals surface area (Å²) in [7, 11) is -2.92. The van der Waals surface area contributed by atoms with E-state index in [0.717, 1.165) is 31.3 Å². The van der Waals surface area contributed by atoms with Gasteiger partial charge in [0.2, 0.25) is 0 Å². The molecule has 0 fully saturated rings. The number of benzene rings is 2. The molecule has 0 aliphatic heterocycles. The van der Waals surface area contributed by atoms with Gasteiger partial charge >= 0.3 is 0 Å². The van der Waals surface area contributed by atoms with Crippen LogP contribution in [-0.2, 0) is 4.57 Å². The maximum absolute atomic E-state index is 14.3. The van der Waals surface area contributed by atoms with E-state index in [1.54, 1.807) is 0 Å². The van der Waals surface area contributed by atoms with Crippen LogP contribution in [0, 0.1) is 0 Å². The normalized spacial score (nSPS) is 11.4. The van der Waals surface area contributed by atoms with Gasteiger partial charge in [-0.2, -0.15) is 0 Å². The number of carbonyl (C=O) groups is 1. The molecule has 0 saturated heterocycles. The van der Waals surface area contributed by atoms with Crippen molar-refractivity contribution in [1.29, 1.82) is 0 Å². The molecule has 0 amide bonds. The fourth-order valence-corrected chi connectivity index (χ4v) is 8.23. The molecular weight excluding hydrogens is 379 g/mol. The molecule has 2 aromatic heterocycles. The molecule has 0 aliphatic rings. The van der Waals surface area contributed by atoms with Gasteiger partial charge in [-0.3, -0.25) is 4.79 Å². The SMILES string of the molecule is O=Cc1ccc(-c2ccc(P(=O)(c3ccccc3)c3ccccc3)s2)s1. The van der Waals surface area contributed by atoms with E-state index < -0.39 is 7.14 Å². The monoisotopic (exact) mass is 394 g/mol. The molecule has 0 unspecified atom stereocenters. The minimum absolute atomic E-state index is 0.698. The van der Waals surface area contributed by atoms with Crippen molar-refractivity contribution in [1.82, 2.24) is 0 Å². The second-order valence-electron chi connectivity index (χ2n) is 5.74. The Bertz CT molecular complexity index is 1040. The third-order valence-corrected chi connectivity index (χ3v) is 10.1. The highest BCUT2D eigenvalue weighted by Crippen LogP contribution is 2.46. The van der Waals surface area contributed by atoms with Gasteiger partial charge in [0.1, 0.15) is 0 Å². The van der Waals surface area contributed by atoms with Crippen LogP contribution in [0.1, 0.15) is 9.67 Å². The van der Waals surface area contributed by atoms with E-state index in [1.165, 1.54) is 22.7 Å². The van der Waals surface area contributed by atoms with Crippen LogP contribution in [0.5, 0.6) is 0 Å². The lowest BCUT2D eigenvalue weighted by atomic mass is 10.4. The molecule has 2 aromatic carbocycles. The maximum atomic E-state index is 14.3. The van der Waals surface area contributed by atoms with Crippen molar-refractivity contribution in [3.8, 4) is 9.75 Å². The first-order valence-electron chi connectivity index (χ1n) is 8.09. The highest BCUT2D eigenvalue weighted by atomic mass is 32.1. The van der Waals surface area contributed by atoms with E-state index in [9.17, 15) is 9.36 Å². The van der Waals surface area contributed by atoms with Gasteiger partial charge < -0.3 is 4.57 Å². The van der Waals surface area contributed by atoms with Gasteiger partial charge in [0.25, 0.3) is 0 Å². The zero-order valence-corrected chi connectivity index (χ0v) is 16.3. The van der Waals surface area contributed by atoms with Crippen LogP contribution in [0.4, 0.5) is 0 Å². The Labute approximate surface area is 160 Å². The van der Waals surface area contributed by atoms with Crippen molar-refractivity contribution in [2.24, 2.45) is 0 Å². The van der Waals surface area contributed by atoms with Crippen LogP contribution in [0.3, 0.4) is 0 Å². The van der Waals surface area contributed by atoms with Gasteiger partial charge in [0.05, 0.1) is 9.50 Å². The molecule has 0 spiro atoms. The summed E-state index contributed by atoms with van der Waals surface area (Å²) in [5.41, 5.74) is 0. The summed E-state index contributed by atoms with van der Waals surface area (Å²) in [5.74, 6) is 0. The van der Waals surface area contributed by atoms with Gasteiger partial charge in [-0.15, -0.1) is 22.7 Å². The lowest BCUT2D eigenvalue weighted by molar-refractivity contribution is 0.112. The second kappa shape index (κ2) is 7.16. The summed E-state index contributed by atoms with van der Waals surface area (Å²) in [4.78, 5) is 13.7. The summed E-state index contributed by atoms with van der Waals surface area (Å²) < 4.78 is 15.1. The van der Waals surface area contributed by atoms with Gasteiger partial charge in [-0.1, -0.05) is 60.7 Å². The zero-order valence-electron chi connectivity index (χ0n) is 13.7. The predicted molar refractivity (Wildman–Crippen MR) is 112 cm³/mol. The van der Waals surface area contributed by atoms with Crippen LogP contribution in [0.25, 0.3) is 9.75 Å². The highest BCUT2D eigenvalue weighted by Gasteiger charge is 2.31. The van der Waals surface area contributed by atoms with Crippen molar-refractivity contribution in [2.45, 2.75) is 0 Å². The summed E-state index contributed by atoms with van der Waals surface area (Å²) >= 11 is 2.99. The van der Waals surface area contributed by atoms with Crippen molar-refractivity contribution in [3.05, 3.63) is 89.8 Å². The largest absolute Gasteiger partial charge is 0.308 e. The fraction of sp³-hybridized carbons (Fsp3) is 0. The maximum Gasteiger partial charge on any atom is 0.180 e. The standard InChI is InChI=1S/C21H15O2PS2/c22-15-18-11-12-19(25-18)20-13-14-21(26-20)24(23,16-7-3-1-4-8-16)17-9-5-2-6-10-17/h1-15H. The van der Waals surface area contributed by atoms with E-state index in [-0.39, 0.29) is 0 Å². The highest BCUT2D eigenvalue weighted by molar-refractivity contribution is 7.89. The average molecular weight is 394 g/mol. The molecule has 4 rings (SSSR count). The van der Waals surface area contributed by atoms with Crippen LogP contribution in [0.15, 0.2) is 84.9 Å². The Morgan fingerprint density at radius 1 is 0.654 bits per heavy atom. The lowest BCUT2D eigenvalue weighted by Gasteiger charge is -2.17. The first-order valence-corrected chi connectivity index (χ1v) is 11.4. The molecule has 0 bridgehead atoms. The molecule has 0 N–H and O–H groups in total. The Hall–Kier alpha value is -2.26. The number of hydrogen-bond acceptors (Lipinski definition) is 4. The molecular formula is C21H15O2PS2. The Balaban J connectivity index is 1.86. The molecule has 0 radical (unpaired) electrons. The summed E-state index contributed by atoms with van der Waals surface area (Å²) in [6.45, 7) is 0. The van der Waals surface area contributed by atoms with Gasteiger partial charge in [-0.25, -0.2) is 0 Å². The number of thiophene rings is 2. The minimum atomic E-state index is -2.92. The van der Waals surface area contributed by atoms with Crippen LogP contribution in [0.2, 0.25) is 0 Å². The Kier molecular flexibility index (Phi) is 4.73. The average Bonchev–Trinajstić information content (AvgIpc) is 3.38. The number of hydrogen-bond donors (Lipinski definition) is 0. The Morgan fingerprint density at radius 2 is 1.19 bits per heavy atom. The molecule has 26 heavy (non-hydrogen) atoms. The van der Waals surface area contributed by atoms with E-state index in [2.05, 4.69) is 0 Å². The molecule has 4 aromatic rings. The van der Waals surface area contributed by atoms with Crippen molar-refractivity contribution in [3.63, 3.8) is 0 Å². The van der Waals surface area contributed by atoms with Crippen LogP contribution < -0.4 is 15.2 Å². The number of carbonyl (C=O) groups excluding carboxylic acids is 1. The molecule has 0 aliphatic carbocycles. The van der Waals surface area contributed by atoms with Crippen molar-refractivity contribution >= 4 is 51.3 Å². The molecule has 0 atom stereocenters. The van der Waals surface area contributed by atoms with E-state index in [0.29, 0.717) is 4.88 Å². The quantitative estimate of drug-likeness (QED) is 0.355. The molecule has 5 heteroatoms. The van der Waals surface area contributed by atoms with Gasteiger partial charge in [0, 0.05) is 20.4 Å². The number of rotatable bonds is 5. The predicted octanol–water partition coefficient (Wildman–Crippen LogP) is 4.93. The molecule has 128 valence electrons. The number of aldehydes is 1. The first-order chi connectivity index (χ1) is 12.7. The molecule has 2 nitrogen and oxygen atoms in total. The van der Waals surface area contributed by atoms with Gasteiger partial charge in [0.15, 0.2) is 13.4 Å². The minimum Gasteiger partial charge on any atom is -0.308 e. The van der Waals surface area contributed by atoms with Crippen LogP contribution >= 0.6 is 29.8 Å². The van der Waals surface area contributed by atoms with E-state index in [1.807, 2.05) is 84.9 Å². The smallest absolute Gasteiger partial charge is 0.180 e. The van der Waals surface area contributed by atoms with Gasteiger partial charge in [-0.05, 0) is 24.3 Å². The second-order valence-corrected chi connectivity index (χ2v) is 11.0. The summed E-state index contributed by atoms with van der Waals surface area (Å²) in [6, 6.07) is 27.0. The fourth-order valence-electron chi connectivity index (χ4n) is 2.86. The van der Waals surface area contributed by atoms with Crippen molar-refractivity contribution in [2.75, 3.05) is 0 Å². The van der Waals surface area contributed by atoms with E-state index in [4.69, 9.17) is 0 Å². The summed E-state index contributed by atoms with van der Waals surface area (Å²) in [5, 5.41) is 1.67. The first kappa shape index (κ1) is 17.2. The Morgan fingerprint density at radius 3 is 1.73 bits per heavy atom. The molecule has 2 heterocycles. The summed E-state index contributed by atoms with van der Waals surface area (Å²) in [6.07, 6.45) is 0.863.